The molecule has 2 aliphatic rings. The fourth-order valence-corrected chi connectivity index (χ4v) is 4.19. The van der Waals surface area contributed by atoms with Crippen LogP contribution >= 0.6 is 0 Å². The molecule has 0 aliphatic carbocycles. The minimum absolute atomic E-state index is 0.0356. The smallest absolute Gasteiger partial charge is 0.228 e. The van der Waals surface area contributed by atoms with E-state index in [0.29, 0.717) is 45.3 Å². The van der Waals surface area contributed by atoms with Crippen molar-refractivity contribution >= 4 is 11.8 Å². The second-order valence-electron chi connectivity index (χ2n) is 8.19. The Balaban J connectivity index is 1.64. The maximum absolute atomic E-state index is 13.0. The van der Waals surface area contributed by atoms with E-state index in [4.69, 9.17) is 0 Å². The predicted octanol–water partition coefficient (Wildman–Crippen LogP) is 1.74. The number of nitrogens with one attached hydrogen (secondary N) is 1. The zero-order chi connectivity index (χ0) is 18.1. The van der Waals surface area contributed by atoms with Crippen LogP contribution in [0.15, 0.2) is 30.3 Å². The molecule has 2 N–H and O–H groups in total. The average molecular weight is 344 g/mol. The van der Waals surface area contributed by atoms with Gasteiger partial charge in [0, 0.05) is 25.0 Å². The normalized spacial score (nSPS) is 23.4. The first-order chi connectivity index (χ1) is 11.8. The molecule has 0 unspecified atom stereocenters. The van der Waals surface area contributed by atoms with Crippen molar-refractivity contribution in [1.29, 1.82) is 0 Å². The Morgan fingerprint density at radius 1 is 1.28 bits per heavy atom. The highest BCUT2D eigenvalue weighted by molar-refractivity contribution is 5.85. The summed E-state index contributed by atoms with van der Waals surface area (Å²) < 4.78 is 0. The van der Waals surface area contributed by atoms with Gasteiger partial charge in [0.25, 0.3) is 0 Å². The third-order valence-electron chi connectivity index (χ3n) is 5.68. The first-order valence-electron chi connectivity index (χ1n) is 9.12. The lowest BCUT2D eigenvalue weighted by Crippen LogP contribution is -2.57. The Bertz CT molecular complexity index is 634. The summed E-state index contributed by atoms with van der Waals surface area (Å²) in [5, 5.41) is 12.7. The van der Waals surface area contributed by atoms with Crippen molar-refractivity contribution in [2.75, 3.05) is 19.6 Å². The van der Waals surface area contributed by atoms with Gasteiger partial charge < -0.3 is 15.3 Å². The van der Waals surface area contributed by atoms with E-state index in [9.17, 15) is 14.7 Å². The van der Waals surface area contributed by atoms with E-state index in [1.807, 2.05) is 49.1 Å². The number of aliphatic hydroxyl groups excluding tert-OH is 1. The van der Waals surface area contributed by atoms with E-state index in [-0.39, 0.29) is 11.8 Å². The van der Waals surface area contributed by atoms with Gasteiger partial charge in [-0.25, -0.2) is 0 Å². The van der Waals surface area contributed by atoms with E-state index in [0.717, 1.165) is 5.56 Å². The molecule has 2 amide bonds. The number of piperidine rings is 2. The minimum atomic E-state index is -0.502. The largest absolute Gasteiger partial charge is 0.391 e. The lowest BCUT2D eigenvalue weighted by atomic mass is 9.71. The number of likely N-dealkylation sites (tertiary alicyclic amines) is 1. The zero-order valence-electron chi connectivity index (χ0n) is 15.1. The van der Waals surface area contributed by atoms with Crippen molar-refractivity contribution in [2.24, 2.45) is 10.8 Å². The van der Waals surface area contributed by atoms with Gasteiger partial charge >= 0.3 is 0 Å². The number of β-amino-alcohol motifs (C(OH)–C–C–N with tert-alkyl or cyclic N) is 1. The second-order valence-corrected chi connectivity index (χ2v) is 8.19. The van der Waals surface area contributed by atoms with Gasteiger partial charge in [0.2, 0.25) is 11.8 Å². The summed E-state index contributed by atoms with van der Waals surface area (Å²) in [7, 11) is 0. The van der Waals surface area contributed by atoms with E-state index in [2.05, 4.69) is 5.32 Å². The number of carbonyl (C=O) groups excluding carboxylic acids is 2. The molecule has 3 rings (SSSR count). The van der Waals surface area contributed by atoms with E-state index in [1.165, 1.54) is 0 Å². The van der Waals surface area contributed by atoms with Crippen LogP contribution in [-0.4, -0.2) is 47.6 Å². The number of benzene rings is 1. The molecule has 1 spiro atoms. The molecule has 25 heavy (non-hydrogen) atoms. The molecule has 5 heteroatoms. The van der Waals surface area contributed by atoms with Crippen molar-refractivity contribution in [3.05, 3.63) is 35.9 Å². The number of carbonyl (C=O) groups is 2. The van der Waals surface area contributed by atoms with Crippen molar-refractivity contribution in [2.45, 2.75) is 45.6 Å². The summed E-state index contributed by atoms with van der Waals surface area (Å²) in [5.41, 5.74) is 0.183. The van der Waals surface area contributed by atoms with Crippen LogP contribution in [0.25, 0.3) is 0 Å². The molecule has 0 radical (unpaired) electrons. The summed E-state index contributed by atoms with van der Waals surface area (Å²) in [6, 6.07) is 10.1. The highest BCUT2D eigenvalue weighted by Gasteiger charge is 2.47. The molecule has 0 saturated carbocycles. The maximum atomic E-state index is 13.0. The van der Waals surface area contributed by atoms with Crippen molar-refractivity contribution in [1.82, 2.24) is 10.2 Å². The van der Waals surface area contributed by atoms with Crippen LogP contribution in [0.4, 0.5) is 0 Å². The minimum Gasteiger partial charge on any atom is -0.391 e. The SMILES string of the molecule is CC(C)(Cc1ccccc1)C(=O)N1CCC2(CC1)C[C@H](O)CNC2=O. The number of hydrogen-bond acceptors (Lipinski definition) is 3. The van der Waals surface area contributed by atoms with Crippen molar-refractivity contribution < 1.29 is 14.7 Å². The molecule has 1 atom stereocenters. The van der Waals surface area contributed by atoms with Gasteiger partial charge in [-0.2, -0.15) is 0 Å². The standard InChI is InChI=1S/C20H28N2O3/c1-19(2,12-15-6-4-3-5-7-15)18(25)22-10-8-20(9-11-22)13-16(23)14-21-17(20)24/h3-7,16,23H,8-14H2,1-2H3,(H,21,24)/t16-/m0/s1. The van der Waals surface area contributed by atoms with Gasteiger partial charge in [-0.1, -0.05) is 44.2 Å². The molecule has 0 aromatic heterocycles. The molecule has 2 fully saturated rings. The van der Waals surface area contributed by atoms with Gasteiger partial charge in [0.1, 0.15) is 0 Å². The molecule has 2 heterocycles. The molecular weight excluding hydrogens is 316 g/mol. The Morgan fingerprint density at radius 3 is 2.56 bits per heavy atom. The molecule has 2 saturated heterocycles. The number of nitrogens with zero attached hydrogens (tertiary/aromatic N) is 1. The molecule has 2 aliphatic heterocycles. The molecular formula is C20H28N2O3. The zero-order valence-corrected chi connectivity index (χ0v) is 15.1. The maximum Gasteiger partial charge on any atom is 0.228 e. The summed E-state index contributed by atoms with van der Waals surface area (Å²) in [6.07, 6.45) is 1.99. The monoisotopic (exact) mass is 344 g/mol. The topological polar surface area (TPSA) is 69.6 Å². The van der Waals surface area contributed by atoms with Gasteiger partial charge in [-0.3, -0.25) is 9.59 Å². The fourth-order valence-electron chi connectivity index (χ4n) is 4.19. The van der Waals surface area contributed by atoms with Crippen LogP contribution < -0.4 is 5.32 Å². The number of aliphatic hydroxyl groups is 1. The van der Waals surface area contributed by atoms with E-state index < -0.39 is 16.9 Å². The van der Waals surface area contributed by atoms with E-state index >= 15 is 0 Å². The average Bonchev–Trinajstić information content (AvgIpc) is 2.59. The van der Waals surface area contributed by atoms with Crippen LogP contribution in [0.5, 0.6) is 0 Å². The van der Waals surface area contributed by atoms with Crippen LogP contribution in [0.1, 0.15) is 38.7 Å². The van der Waals surface area contributed by atoms with Crippen LogP contribution in [-0.2, 0) is 16.0 Å². The lowest BCUT2D eigenvalue weighted by molar-refractivity contribution is -0.149. The quantitative estimate of drug-likeness (QED) is 0.878. The summed E-state index contributed by atoms with van der Waals surface area (Å²) in [4.78, 5) is 27.2. The number of hydrogen-bond donors (Lipinski definition) is 2. The van der Waals surface area contributed by atoms with Gasteiger partial charge in [-0.15, -0.1) is 0 Å². The van der Waals surface area contributed by atoms with Crippen molar-refractivity contribution in [3.8, 4) is 0 Å². The van der Waals surface area contributed by atoms with Crippen LogP contribution in [0.3, 0.4) is 0 Å². The number of rotatable bonds is 3. The third kappa shape index (κ3) is 3.71. The highest BCUT2D eigenvalue weighted by atomic mass is 16.3. The highest BCUT2D eigenvalue weighted by Crippen LogP contribution is 2.39. The Labute approximate surface area is 149 Å². The summed E-state index contributed by atoms with van der Waals surface area (Å²) in [5.74, 6) is 0.177. The molecule has 5 nitrogen and oxygen atoms in total. The lowest BCUT2D eigenvalue weighted by Gasteiger charge is -2.45. The Morgan fingerprint density at radius 2 is 1.92 bits per heavy atom. The molecule has 136 valence electrons. The molecule has 1 aromatic carbocycles. The van der Waals surface area contributed by atoms with Crippen LogP contribution in [0, 0.1) is 10.8 Å². The number of amides is 2. The van der Waals surface area contributed by atoms with Gasteiger partial charge in [0.05, 0.1) is 11.5 Å². The predicted molar refractivity (Wildman–Crippen MR) is 95.8 cm³/mol. The van der Waals surface area contributed by atoms with Crippen LogP contribution in [0.2, 0.25) is 0 Å². The van der Waals surface area contributed by atoms with Crippen molar-refractivity contribution in [3.63, 3.8) is 0 Å². The Kier molecular flexibility index (Phi) is 4.87. The third-order valence-corrected chi connectivity index (χ3v) is 5.68. The Hall–Kier alpha value is -1.88. The molecule has 1 aromatic rings. The van der Waals surface area contributed by atoms with Gasteiger partial charge in [-0.05, 0) is 31.2 Å². The van der Waals surface area contributed by atoms with Gasteiger partial charge in [0.15, 0.2) is 0 Å². The summed E-state index contributed by atoms with van der Waals surface area (Å²) in [6.45, 7) is 5.48. The van der Waals surface area contributed by atoms with E-state index in [1.54, 1.807) is 0 Å². The first-order valence-corrected chi connectivity index (χ1v) is 9.12. The molecule has 0 bridgehead atoms. The first kappa shape index (κ1) is 17.9. The fraction of sp³-hybridized carbons (Fsp3) is 0.600. The second kappa shape index (κ2) is 6.79. The summed E-state index contributed by atoms with van der Waals surface area (Å²) >= 11 is 0.